The van der Waals surface area contributed by atoms with Gasteiger partial charge in [-0.1, -0.05) is 6.07 Å². The minimum atomic E-state index is -3.52. The highest BCUT2D eigenvalue weighted by Gasteiger charge is 2.19. The first-order valence-electron chi connectivity index (χ1n) is 6.07. The lowest BCUT2D eigenvalue weighted by Gasteiger charge is -2.06. The van der Waals surface area contributed by atoms with Crippen LogP contribution in [0.2, 0.25) is 0 Å². The lowest BCUT2D eigenvalue weighted by molar-refractivity contribution is 0.174. The van der Waals surface area contributed by atoms with Gasteiger partial charge in [0.15, 0.2) is 11.5 Å². The zero-order valence-electron chi connectivity index (χ0n) is 10.5. The van der Waals surface area contributed by atoms with Gasteiger partial charge in [-0.2, -0.15) is 0 Å². The second-order valence-electron chi connectivity index (χ2n) is 4.24. The van der Waals surface area contributed by atoms with Gasteiger partial charge in [-0.15, -0.1) is 11.3 Å². The van der Waals surface area contributed by atoms with Crippen molar-refractivity contribution in [2.75, 3.05) is 13.3 Å². The standard InChI is InChI=1S/C13H13NO4S2/c15-20(16,14-6-5-10-2-1-7-19-10)11-3-4-12-13(8-11)18-9-17-12/h1-4,7-8,14H,5-6,9H2. The van der Waals surface area contributed by atoms with Crippen LogP contribution in [0, 0.1) is 0 Å². The van der Waals surface area contributed by atoms with Crippen molar-refractivity contribution in [3.8, 4) is 11.5 Å². The number of benzene rings is 1. The zero-order valence-corrected chi connectivity index (χ0v) is 12.2. The molecule has 0 amide bonds. The Kier molecular flexibility index (Phi) is 3.64. The second kappa shape index (κ2) is 5.43. The Labute approximate surface area is 121 Å². The van der Waals surface area contributed by atoms with Gasteiger partial charge in [0.05, 0.1) is 4.90 Å². The molecule has 3 rings (SSSR count). The lowest BCUT2D eigenvalue weighted by Crippen LogP contribution is -2.25. The number of hydrogen-bond acceptors (Lipinski definition) is 5. The Balaban J connectivity index is 1.68. The maximum atomic E-state index is 12.2. The van der Waals surface area contributed by atoms with Gasteiger partial charge in [-0.25, -0.2) is 13.1 Å². The minimum Gasteiger partial charge on any atom is -0.454 e. The van der Waals surface area contributed by atoms with E-state index in [4.69, 9.17) is 9.47 Å². The number of ether oxygens (including phenoxy) is 2. The Morgan fingerprint density at radius 2 is 2.05 bits per heavy atom. The third-order valence-electron chi connectivity index (χ3n) is 2.90. The summed E-state index contributed by atoms with van der Waals surface area (Å²) in [6.45, 7) is 0.502. The SMILES string of the molecule is O=S(=O)(NCCc1cccs1)c1ccc2c(c1)OCO2. The van der Waals surface area contributed by atoms with Gasteiger partial charge >= 0.3 is 0 Å². The van der Waals surface area contributed by atoms with E-state index in [2.05, 4.69) is 4.72 Å². The molecular formula is C13H13NO4S2. The topological polar surface area (TPSA) is 64.6 Å². The van der Waals surface area contributed by atoms with Crippen molar-refractivity contribution in [1.82, 2.24) is 4.72 Å². The number of nitrogens with one attached hydrogen (secondary N) is 1. The summed E-state index contributed by atoms with van der Waals surface area (Å²) >= 11 is 1.61. The molecular weight excluding hydrogens is 298 g/mol. The third kappa shape index (κ3) is 2.79. The van der Waals surface area contributed by atoms with Gasteiger partial charge in [-0.3, -0.25) is 0 Å². The summed E-state index contributed by atoms with van der Waals surface area (Å²) in [7, 11) is -3.52. The quantitative estimate of drug-likeness (QED) is 0.917. The van der Waals surface area contributed by atoms with E-state index in [1.54, 1.807) is 17.4 Å². The van der Waals surface area contributed by atoms with Crippen LogP contribution in [-0.4, -0.2) is 21.8 Å². The van der Waals surface area contributed by atoms with Crippen LogP contribution in [-0.2, 0) is 16.4 Å². The van der Waals surface area contributed by atoms with E-state index < -0.39 is 10.0 Å². The molecule has 0 radical (unpaired) electrons. The Bertz CT molecular complexity index is 695. The molecule has 1 aliphatic heterocycles. The largest absolute Gasteiger partial charge is 0.454 e. The van der Waals surface area contributed by atoms with Gasteiger partial charge in [0, 0.05) is 17.5 Å². The molecule has 0 aliphatic carbocycles. The van der Waals surface area contributed by atoms with E-state index in [9.17, 15) is 8.42 Å². The van der Waals surface area contributed by atoms with Crippen LogP contribution in [0.4, 0.5) is 0 Å². The molecule has 0 saturated heterocycles. The summed E-state index contributed by atoms with van der Waals surface area (Å²) < 4.78 is 37.2. The summed E-state index contributed by atoms with van der Waals surface area (Å²) in [6, 6.07) is 8.54. The maximum Gasteiger partial charge on any atom is 0.240 e. The monoisotopic (exact) mass is 311 g/mol. The molecule has 2 aromatic rings. The van der Waals surface area contributed by atoms with Gasteiger partial charge in [0.2, 0.25) is 16.8 Å². The van der Waals surface area contributed by atoms with Crippen molar-refractivity contribution in [3.63, 3.8) is 0 Å². The molecule has 1 aliphatic rings. The van der Waals surface area contributed by atoms with Crippen molar-refractivity contribution in [3.05, 3.63) is 40.6 Å². The molecule has 0 unspecified atom stereocenters. The molecule has 5 nitrogen and oxygen atoms in total. The fraction of sp³-hybridized carbons (Fsp3) is 0.231. The first-order chi connectivity index (χ1) is 9.65. The Morgan fingerprint density at radius 3 is 2.85 bits per heavy atom. The van der Waals surface area contributed by atoms with Crippen molar-refractivity contribution >= 4 is 21.4 Å². The first-order valence-corrected chi connectivity index (χ1v) is 8.43. The number of hydrogen-bond donors (Lipinski definition) is 1. The molecule has 0 fully saturated rings. The van der Waals surface area contributed by atoms with E-state index >= 15 is 0 Å². The van der Waals surface area contributed by atoms with E-state index in [0.29, 0.717) is 24.5 Å². The molecule has 1 aromatic carbocycles. The molecule has 106 valence electrons. The molecule has 0 atom stereocenters. The van der Waals surface area contributed by atoms with Crippen LogP contribution in [0.1, 0.15) is 4.88 Å². The van der Waals surface area contributed by atoms with E-state index in [1.807, 2.05) is 17.5 Å². The van der Waals surface area contributed by atoms with Crippen LogP contribution in [0.5, 0.6) is 11.5 Å². The molecule has 1 N–H and O–H groups in total. The molecule has 0 saturated carbocycles. The maximum absolute atomic E-state index is 12.2. The number of rotatable bonds is 5. The molecule has 1 aromatic heterocycles. The fourth-order valence-electron chi connectivity index (χ4n) is 1.89. The first kappa shape index (κ1) is 13.4. The number of thiophene rings is 1. The van der Waals surface area contributed by atoms with E-state index in [1.165, 1.54) is 12.1 Å². The van der Waals surface area contributed by atoms with Gasteiger partial charge in [0.1, 0.15) is 0 Å². The predicted molar refractivity (Wildman–Crippen MR) is 75.8 cm³/mol. The minimum absolute atomic E-state index is 0.130. The number of sulfonamides is 1. The third-order valence-corrected chi connectivity index (χ3v) is 5.29. The summed E-state index contributed by atoms with van der Waals surface area (Å²) in [4.78, 5) is 1.34. The van der Waals surface area contributed by atoms with Crippen LogP contribution < -0.4 is 14.2 Å². The van der Waals surface area contributed by atoms with Crippen molar-refractivity contribution in [1.29, 1.82) is 0 Å². The van der Waals surface area contributed by atoms with E-state index in [-0.39, 0.29) is 11.7 Å². The normalized spacial score (nSPS) is 13.6. The van der Waals surface area contributed by atoms with Crippen molar-refractivity contribution < 1.29 is 17.9 Å². The Morgan fingerprint density at radius 1 is 1.20 bits per heavy atom. The molecule has 0 bridgehead atoms. The van der Waals surface area contributed by atoms with Gasteiger partial charge < -0.3 is 9.47 Å². The summed E-state index contributed by atoms with van der Waals surface area (Å²) in [5.41, 5.74) is 0. The van der Waals surface area contributed by atoms with Gasteiger partial charge in [0.25, 0.3) is 0 Å². The van der Waals surface area contributed by atoms with Crippen LogP contribution in [0.3, 0.4) is 0 Å². The van der Waals surface area contributed by atoms with Gasteiger partial charge in [-0.05, 0) is 30.0 Å². The number of fused-ring (bicyclic) bond motifs is 1. The Hall–Kier alpha value is -1.57. The summed E-state index contributed by atoms with van der Waals surface area (Å²) in [5, 5.41) is 1.97. The zero-order chi connectivity index (χ0) is 14.0. The molecule has 7 heteroatoms. The fourth-order valence-corrected chi connectivity index (χ4v) is 3.65. The second-order valence-corrected chi connectivity index (χ2v) is 7.04. The van der Waals surface area contributed by atoms with Crippen molar-refractivity contribution in [2.24, 2.45) is 0 Å². The predicted octanol–water partition coefficient (Wildman–Crippen LogP) is 2.00. The smallest absolute Gasteiger partial charge is 0.240 e. The molecule has 0 spiro atoms. The average molecular weight is 311 g/mol. The highest BCUT2D eigenvalue weighted by molar-refractivity contribution is 7.89. The molecule has 2 heterocycles. The molecule has 20 heavy (non-hydrogen) atoms. The summed E-state index contributed by atoms with van der Waals surface area (Å²) in [6.07, 6.45) is 0.682. The van der Waals surface area contributed by atoms with Crippen LogP contribution >= 0.6 is 11.3 Å². The highest BCUT2D eigenvalue weighted by atomic mass is 32.2. The van der Waals surface area contributed by atoms with Crippen molar-refractivity contribution in [2.45, 2.75) is 11.3 Å². The van der Waals surface area contributed by atoms with Crippen LogP contribution in [0.25, 0.3) is 0 Å². The van der Waals surface area contributed by atoms with Crippen LogP contribution in [0.15, 0.2) is 40.6 Å². The van der Waals surface area contributed by atoms with E-state index in [0.717, 1.165) is 4.88 Å². The summed E-state index contributed by atoms with van der Waals surface area (Å²) in [5.74, 6) is 1.04. The highest BCUT2D eigenvalue weighted by Crippen LogP contribution is 2.33. The lowest BCUT2D eigenvalue weighted by atomic mass is 10.3. The average Bonchev–Trinajstić information content (AvgIpc) is 3.08.